The van der Waals surface area contributed by atoms with E-state index in [1.807, 2.05) is 19.1 Å². The molecular weight excluding hydrogens is 331 g/mol. The molecule has 1 saturated heterocycles. The van der Waals surface area contributed by atoms with E-state index in [0.717, 1.165) is 18.4 Å². The van der Waals surface area contributed by atoms with Crippen molar-refractivity contribution in [1.29, 1.82) is 0 Å². The third-order valence-electron chi connectivity index (χ3n) is 4.74. The lowest BCUT2D eigenvalue weighted by molar-refractivity contribution is -0.125. The Bertz CT molecular complexity index is 789. The van der Waals surface area contributed by atoms with E-state index in [2.05, 4.69) is 5.32 Å². The Morgan fingerprint density at radius 3 is 2.62 bits per heavy atom. The molecule has 0 aliphatic carbocycles. The lowest BCUT2D eigenvalue weighted by Crippen LogP contribution is -2.48. The second-order valence-electron chi connectivity index (χ2n) is 6.69. The van der Waals surface area contributed by atoms with Crippen molar-refractivity contribution in [2.24, 2.45) is 0 Å². The van der Waals surface area contributed by atoms with Gasteiger partial charge in [-0.25, -0.2) is 4.39 Å². The van der Waals surface area contributed by atoms with Crippen LogP contribution in [0.2, 0.25) is 0 Å². The molecule has 0 bridgehead atoms. The zero-order chi connectivity index (χ0) is 18.5. The van der Waals surface area contributed by atoms with E-state index in [0.29, 0.717) is 24.1 Å². The average molecular weight is 354 g/mol. The minimum atomic E-state index is -0.592. The molecule has 1 fully saturated rings. The topological polar surface area (TPSA) is 49.4 Å². The summed E-state index contributed by atoms with van der Waals surface area (Å²) in [5, 5.41) is 2.86. The van der Waals surface area contributed by atoms with Crippen LogP contribution in [0.4, 0.5) is 4.39 Å². The summed E-state index contributed by atoms with van der Waals surface area (Å²) in [6, 6.07) is 13.0. The molecule has 0 radical (unpaired) electrons. The number of nitrogens with one attached hydrogen (secondary N) is 1. The fourth-order valence-electron chi connectivity index (χ4n) is 3.22. The third-order valence-corrected chi connectivity index (χ3v) is 4.74. The highest BCUT2D eigenvalue weighted by Crippen LogP contribution is 2.20. The smallest absolute Gasteiger partial charge is 0.254 e. The molecule has 1 atom stereocenters. The maximum atomic E-state index is 14.2. The van der Waals surface area contributed by atoms with Gasteiger partial charge in [0.2, 0.25) is 5.91 Å². The maximum absolute atomic E-state index is 14.2. The molecule has 1 aliphatic rings. The molecule has 2 amide bonds. The van der Waals surface area contributed by atoms with Gasteiger partial charge in [-0.3, -0.25) is 9.59 Å². The average Bonchev–Trinajstić information content (AvgIpc) is 2.86. The summed E-state index contributed by atoms with van der Waals surface area (Å²) in [6.07, 6.45) is 2.31. The van der Waals surface area contributed by atoms with Crippen LogP contribution in [0.25, 0.3) is 0 Å². The monoisotopic (exact) mass is 354 g/mol. The lowest BCUT2D eigenvalue weighted by Gasteiger charge is -2.30. The number of amides is 2. The highest BCUT2D eigenvalue weighted by atomic mass is 19.1. The summed E-state index contributed by atoms with van der Waals surface area (Å²) in [7, 11) is 0. The lowest BCUT2D eigenvalue weighted by atomic mass is 10.0. The van der Waals surface area contributed by atoms with Gasteiger partial charge in [0.25, 0.3) is 5.91 Å². The van der Waals surface area contributed by atoms with E-state index in [1.165, 1.54) is 11.0 Å². The van der Waals surface area contributed by atoms with Crippen molar-refractivity contribution >= 4 is 11.8 Å². The van der Waals surface area contributed by atoms with E-state index >= 15 is 0 Å². The number of hydrogen-bond acceptors (Lipinski definition) is 2. The van der Waals surface area contributed by atoms with Crippen molar-refractivity contribution in [3.63, 3.8) is 0 Å². The third kappa shape index (κ3) is 4.10. The van der Waals surface area contributed by atoms with Crippen LogP contribution in [0.1, 0.15) is 40.7 Å². The number of aryl methyl sites for hydroxylation is 1. The first kappa shape index (κ1) is 18.1. The number of carbonyl (C=O) groups is 2. The first-order chi connectivity index (χ1) is 12.6. The predicted octanol–water partition coefficient (Wildman–Crippen LogP) is 3.45. The van der Waals surface area contributed by atoms with Gasteiger partial charge in [-0.2, -0.15) is 0 Å². The van der Waals surface area contributed by atoms with Crippen molar-refractivity contribution in [1.82, 2.24) is 10.2 Å². The minimum absolute atomic E-state index is 0.0669. The second kappa shape index (κ2) is 8.13. The molecule has 1 heterocycles. The standard InChI is InChI=1S/C21H23FN2O2/c1-15-9-11-16(12-10-15)21(26)24(14-17-6-2-3-7-18(17)22)19-8-4-5-13-23-20(19)25/h2-3,6-7,9-12,19H,4-5,8,13-14H2,1H3,(H,23,25). The Morgan fingerprint density at radius 2 is 1.88 bits per heavy atom. The largest absolute Gasteiger partial charge is 0.354 e. The number of nitrogens with zero attached hydrogens (tertiary/aromatic N) is 1. The van der Waals surface area contributed by atoms with Crippen molar-refractivity contribution in [2.45, 2.75) is 38.8 Å². The fraction of sp³-hybridized carbons (Fsp3) is 0.333. The Morgan fingerprint density at radius 1 is 1.15 bits per heavy atom. The zero-order valence-corrected chi connectivity index (χ0v) is 14.9. The molecule has 136 valence electrons. The van der Waals surface area contributed by atoms with Crippen LogP contribution >= 0.6 is 0 Å². The van der Waals surface area contributed by atoms with Gasteiger partial charge in [-0.15, -0.1) is 0 Å². The molecule has 0 aromatic heterocycles. The fourth-order valence-corrected chi connectivity index (χ4v) is 3.22. The van der Waals surface area contributed by atoms with Crippen molar-refractivity contribution in [2.75, 3.05) is 6.54 Å². The van der Waals surface area contributed by atoms with E-state index < -0.39 is 6.04 Å². The molecule has 3 rings (SSSR count). The van der Waals surface area contributed by atoms with E-state index in [-0.39, 0.29) is 24.2 Å². The van der Waals surface area contributed by atoms with Gasteiger partial charge in [0, 0.05) is 24.2 Å². The molecule has 1 unspecified atom stereocenters. The van der Waals surface area contributed by atoms with Crippen LogP contribution in [0.3, 0.4) is 0 Å². The molecule has 1 aliphatic heterocycles. The number of benzene rings is 2. The normalized spacial score (nSPS) is 17.3. The Hall–Kier alpha value is -2.69. The van der Waals surface area contributed by atoms with E-state index in [9.17, 15) is 14.0 Å². The molecule has 4 nitrogen and oxygen atoms in total. The Kier molecular flexibility index (Phi) is 5.66. The van der Waals surface area contributed by atoms with Gasteiger partial charge in [-0.1, -0.05) is 35.9 Å². The molecule has 1 N–H and O–H groups in total. The summed E-state index contributed by atoms with van der Waals surface area (Å²) in [5.74, 6) is -0.794. The summed E-state index contributed by atoms with van der Waals surface area (Å²) in [5.41, 5.74) is 1.96. The van der Waals surface area contributed by atoms with Crippen molar-refractivity contribution in [3.8, 4) is 0 Å². The summed E-state index contributed by atoms with van der Waals surface area (Å²) >= 11 is 0. The first-order valence-corrected chi connectivity index (χ1v) is 8.95. The summed E-state index contributed by atoms with van der Waals surface area (Å²) in [6.45, 7) is 2.63. The SMILES string of the molecule is Cc1ccc(C(=O)N(Cc2ccccc2F)C2CCCCNC2=O)cc1. The van der Waals surface area contributed by atoms with E-state index in [4.69, 9.17) is 0 Å². The summed E-state index contributed by atoms with van der Waals surface area (Å²) in [4.78, 5) is 27.2. The zero-order valence-electron chi connectivity index (χ0n) is 14.9. The van der Waals surface area contributed by atoms with E-state index in [1.54, 1.807) is 30.3 Å². The number of rotatable bonds is 4. The summed E-state index contributed by atoms with van der Waals surface area (Å²) < 4.78 is 14.2. The van der Waals surface area contributed by atoms with Gasteiger partial charge in [-0.05, 0) is 44.4 Å². The van der Waals surface area contributed by atoms with Crippen LogP contribution in [0.5, 0.6) is 0 Å². The molecular formula is C21H23FN2O2. The maximum Gasteiger partial charge on any atom is 0.254 e. The van der Waals surface area contributed by atoms with Crippen LogP contribution < -0.4 is 5.32 Å². The van der Waals surface area contributed by atoms with Crippen LogP contribution in [0.15, 0.2) is 48.5 Å². The minimum Gasteiger partial charge on any atom is -0.354 e. The first-order valence-electron chi connectivity index (χ1n) is 8.95. The molecule has 5 heteroatoms. The molecule has 0 spiro atoms. The highest BCUT2D eigenvalue weighted by molar-refractivity contribution is 5.97. The predicted molar refractivity (Wildman–Crippen MR) is 98.1 cm³/mol. The molecule has 26 heavy (non-hydrogen) atoms. The Balaban J connectivity index is 1.94. The van der Waals surface area contributed by atoms with Gasteiger partial charge < -0.3 is 10.2 Å². The molecule has 2 aromatic rings. The molecule has 0 saturated carbocycles. The van der Waals surface area contributed by atoms with Gasteiger partial charge in [0.1, 0.15) is 11.9 Å². The Labute approximate surface area is 153 Å². The number of carbonyl (C=O) groups excluding carboxylic acids is 2. The van der Waals surface area contributed by atoms with Crippen LogP contribution in [0, 0.1) is 12.7 Å². The van der Waals surface area contributed by atoms with Gasteiger partial charge in [0.05, 0.1) is 0 Å². The van der Waals surface area contributed by atoms with Crippen molar-refractivity contribution < 1.29 is 14.0 Å². The number of halogens is 1. The van der Waals surface area contributed by atoms with Crippen LogP contribution in [-0.4, -0.2) is 29.3 Å². The van der Waals surface area contributed by atoms with Crippen LogP contribution in [-0.2, 0) is 11.3 Å². The second-order valence-corrected chi connectivity index (χ2v) is 6.69. The number of hydrogen-bond donors (Lipinski definition) is 1. The molecule has 2 aromatic carbocycles. The quantitative estimate of drug-likeness (QED) is 0.914. The van der Waals surface area contributed by atoms with Crippen molar-refractivity contribution in [3.05, 3.63) is 71.0 Å². The van der Waals surface area contributed by atoms with Gasteiger partial charge >= 0.3 is 0 Å². The van der Waals surface area contributed by atoms with Gasteiger partial charge in [0.15, 0.2) is 0 Å². The highest BCUT2D eigenvalue weighted by Gasteiger charge is 2.31.